The zero-order valence-electron chi connectivity index (χ0n) is 15.4. The first-order valence-corrected chi connectivity index (χ1v) is 10.0. The lowest BCUT2D eigenvalue weighted by Gasteiger charge is -2.20. The minimum atomic E-state index is -0.645. The summed E-state index contributed by atoms with van der Waals surface area (Å²) in [5.74, 6) is -0.487. The van der Waals surface area contributed by atoms with Crippen molar-refractivity contribution in [1.82, 2.24) is 0 Å². The van der Waals surface area contributed by atoms with Gasteiger partial charge in [0.25, 0.3) is 11.6 Å². The summed E-state index contributed by atoms with van der Waals surface area (Å²) >= 11 is 7.17. The van der Waals surface area contributed by atoms with Crippen molar-refractivity contribution in [1.29, 1.82) is 0 Å². The summed E-state index contributed by atoms with van der Waals surface area (Å²) < 4.78 is 4.92. The van der Waals surface area contributed by atoms with E-state index in [2.05, 4.69) is 12.2 Å². The number of nitro groups is 1. The van der Waals surface area contributed by atoms with Crippen molar-refractivity contribution in [3.8, 4) is 0 Å². The Kier molecular flexibility index (Phi) is 6.00. The number of halogens is 1. The van der Waals surface area contributed by atoms with Crippen LogP contribution >= 0.6 is 22.9 Å². The van der Waals surface area contributed by atoms with Crippen LogP contribution in [0.15, 0.2) is 18.2 Å². The van der Waals surface area contributed by atoms with E-state index in [0.717, 1.165) is 42.2 Å². The van der Waals surface area contributed by atoms with Crippen LogP contribution < -0.4 is 5.32 Å². The summed E-state index contributed by atoms with van der Waals surface area (Å²) in [6.07, 6.45) is 3.67. The Morgan fingerprint density at radius 1 is 1.43 bits per heavy atom. The normalized spacial score (nSPS) is 15.6. The number of ether oxygens (including phenoxy) is 1. The average Bonchev–Trinajstić information content (AvgIpc) is 3.04. The molecule has 0 saturated heterocycles. The molecule has 1 aromatic carbocycles. The summed E-state index contributed by atoms with van der Waals surface area (Å²) in [5.41, 5.74) is 1.05. The second kappa shape index (κ2) is 8.28. The Hall–Kier alpha value is -2.45. The number of nitro benzene ring substituents is 1. The number of fused-ring (bicyclic) bond motifs is 1. The number of thiophene rings is 1. The summed E-state index contributed by atoms with van der Waals surface area (Å²) in [6.45, 7) is 2.14. The minimum Gasteiger partial charge on any atom is -0.465 e. The number of nitrogens with zero attached hydrogens (tertiary/aromatic N) is 1. The number of hydrogen-bond acceptors (Lipinski definition) is 6. The molecular formula is C19H19ClN2O5S. The molecule has 7 nitrogen and oxygen atoms in total. The number of anilines is 1. The Morgan fingerprint density at radius 2 is 2.18 bits per heavy atom. The van der Waals surface area contributed by atoms with Crippen LogP contribution in [-0.2, 0) is 17.6 Å². The van der Waals surface area contributed by atoms with Crippen LogP contribution in [0.5, 0.6) is 0 Å². The number of carbonyl (C=O) groups is 2. The Balaban J connectivity index is 1.95. The lowest BCUT2D eigenvalue weighted by atomic mass is 9.85. The van der Waals surface area contributed by atoms with Crippen molar-refractivity contribution in [3.05, 3.63) is 54.9 Å². The standard InChI is InChI=1S/C19H19ClN2O5S/c1-3-10-4-6-12-15(8-10)28-18(16(12)19(24)27-2)21-17(23)11-5-7-13(20)14(9-11)22(25)26/h5,7,9-10H,3-4,6,8H2,1-2H3,(H,21,23)/t10-/m0/s1. The van der Waals surface area contributed by atoms with E-state index < -0.39 is 16.8 Å². The van der Waals surface area contributed by atoms with E-state index in [-0.39, 0.29) is 16.3 Å². The van der Waals surface area contributed by atoms with E-state index in [0.29, 0.717) is 16.5 Å². The predicted octanol–water partition coefficient (Wildman–Crippen LogP) is 4.86. The molecule has 1 amide bonds. The Morgan fingerprint density at radius 3 is 2.82 bits per heavy atom. The van der Waals surface area contributed by atoms with Crippen LogP contribution in [0.3, 0.4) is 0 Å². The molecule has 0 bridgehead atoms. The van der Waals surface area contributed by atoms with Gasteiger partial charge in [-0.2, -0.15) is 0 Å². The molecule has 1 aliphatic rings. The van der Waals surface area contributed by atoms with Crippen LogP contribution in [0.4, 0.5) is 10.7 Å². The van der Waals surface area contributed by atoms with Crippen LogP contribution in [-0.4, -0.2) is 23.9 Å². The minimum absolute atomic E-state index is 0.0472. The number of carbonyl (C=O) groups excluding carboxylic acids is 2. The van der Waals surface area contributed by atoms with Gasteiger partial charge >= 0.3 is 5.97 Å². The molecule has 1 aromatic heterocycles. The van der Waals surface area contributed by atoms with Crippen LogP contribution in [0.1, 0.15) is 50.9 Å². The zero-order chi connectivity index (χ0) is 20.4. The van der Waals surface area contributed by atoms with Gasteiger partial charge in [-0.15, -0.1) is 11.3 Å². The second-order valence-electron chi connectivity index (χ2n) is 6.59. The highest BCUT2D eigenvalue weighted by atomic mass is 35.5. The highest BCUT2D eigenvalue weighted by Gasteiger charge is 2.30. The molecule has 1 heterocycles. The monoisotopic (exact) mass is 422 g/mol. The number of methoxy groups -OCH3 is 1. The van der Waals surface area contributed by atoms with Gasteiger partial charge in [-0.05, 0) is 42.9 Å². The van der Waals surface area contributed by atoms with Gasteiger partial charge in [-0.1, -0.05) is 24.9 Å². The Labute approximate surface area is 170 Å². The van der Waals surface area contributed by atoms with Gasteiger partial charge in [-0.25, -0.2) is 4.79 Å². The number of nitrogens with one attached hydrogen (secondary N) is 1. The highest BCUT2D eigenvalue weighted by Crippen LogP contribution is 2.41. The van der Waals surface area contributed by atoms with Crippen molar-refractivity contribution >= 4 is 45.5 Å². The topological polar surface area (TPSA) is 98.5 Å². The maximum absolute atomic E-state index is 12.7. The summed E-state index contributed by atoms with van der Waals surface area (Å²) in [5, 5.41) is 14.2. The number of rotatable bonds is 5. The predicted molar refractivity (Wildman–Crippen MR) is 108 cm³/mol. The van der Waals surface area contributed by atoms with Gasteiger partial charge in [0.15, 0.2) is 0 Å². The smallest absolute Gasteiger partial charge is 0.341 e. The van der Waals surface area contributed by atoms with Crippen molar-refractivity contribution in [3.63, 3.8) is 0 Å². The largest absolute Gasteiger partial charge is 0.465 e. The third kappa shape index (κ3) is 3.88. The average molecular weight is 423 g/mol. The lowest BCUT2D eigenvalue weighted by molar-refractivity contribution is -0.384. The zero-order valence-corrected chi connectivity index (χ0v) is 17.0. The lowest BCUT2D eigenvalue weighted by Crippen LogP contribution is -2.16. The molecule has 0 fully saturated rings. The SMILES string of the molecule is CC[C@H]1CCc2c(sc(NC(=O)c3ccc(Cl)c([N+](=O)[O-])c3)c2C(=O)OC)C1. The van der Waals surface area contributed by atoms with Crippen LogP contribution in [0.2, 0.25) is 5.02 Å². The first-order valence-electron chi connectivity index (χ1n) is 8.83. The van der Waals surface area contributed by atoms with E-state index >= 15 is 0 Å². The molecular weight excluding hydrogens is 404 g/mol. The molecule has 3 rings (SSSR count). The molecule has 1 aliphatic carbocycles. The van der Waals surface area contributed by atoms with Gasteiger partial charge in [0.2, 0.25) is 0 Å². The molecule has 0 spiro atoms. The number of hydrogen-bond donors (Lipinski definition) is 1. The molecule has 0 aliphatic heterocycles. The second-order valence-corrected chi connectivity index (χ2v) is 8.11. The number of amides is 1. The third-order valence-corrected chi connectivity index (χ3v) is 6.46. The molecule has 148 valence electrons. The third-order valence-electron chi connectivity index (χ3n) is 4.97. The fraction of sp³-hybridized carbons (Fsp3) is 0.368. The van der Waals surface area contributed by atoms with E-state index in [1.807, 2.05) is 0 Å². The summed E-state index contributed by atoms with van der Waals surface area (Å²) in [4.78, 5) is 36.5. The van der Waals surface area contributed by atoms with E-state index in [4.69, 9.17) is 16.3 Å². The molecule has 9 heteroatoms. The van der Waals surface area contributed by atoms with E-state index in [1.54, 1.807) is 0 Å². The van der Waals surface area contributed by atoms with Crippen molar-refractivity contribution in [2.45, 2.75) is 32.6 Å². The van der Waals surface area contributed by atoms with Gasteiger partial charge < -0.3 is 10.1 Å². The molecule has 1 N–H and O–H groups in total. The van der Waals surface area contributed by atoms with Crippen LogP contribution in [0, 0.1) is 16.0 Å². The molecule has 2 aromatic rings. The number of esters is 1. The molecule has 1 atom stereocenters. The van der Waals surface area contributed by atoms with E-state index in [9.17, 15) is 19.7 Å². The van der Waals surface area contributed by atoms with Crippen molar-refractivity contribution < 1.29 is 19.2 Å². The van der Waals surface area contributed by atoms with Gasteiger partial charge in [0.1, 0.15) is 10.0 Å². The van der Waals surface area contributed by atoms with Gasteiger partial charge in [0, 0.05) is 16.5 Å². The first-order chi connectivity index (χ1) is 13.3. The van der Waals surface area contributed by atoms with Gasteiger partial charge in [-0.3, -0.25) is 14.9 Å². The Bertz CT molecular complexity index is 956. The summed E-state index contributed by atoms with van der Waals surface area (Å²) in [6, 6.07) is 3.83. The van der Waals surface area contributed by atoms with Crippen molar-refractivity contribution in [2.24, 2.45) is 5.92 Å². The maximum Gasteiger partial charge on any atom is 0.341 e. The number of benzene rings is 1. The first kappa shape index (κ1) is 20.3. The molecule has 0 saturated carbocycles. The van der Waals surface area contributed by atoms with Crippen molar-refractivity contribution in [2.75, 3.05) is 12.4 Å². The fourth-order valence-electron chi connectivity index (χ4n) is 3.38. The fourth-order valence-corrected chi connectivity index (χ4v) is 4.91. The molecule has 28 heavy (non-hydrogen) atoms. The highest BCUT2D eigenvalue weighted by molar-refractivity contribution is 7.17. The molecule has 0 radical (unpaired) electrons. The maximum atomic E-state index is 12.7. The van der Waals surface area contributed by atoms with E-state index in [1.165, 1.54) is 30.6 Å². The molecule has 0 unspecified atom stereocenters. The quantitative estimate of drug-likeness (QED) is 0.421. The summed E-state index contributed by atoms with van der Waals surface area (Å²) in [7, 11) is 1.30. The van der Waals surface area contributed by atoms with Gasteiger partial charge in [0.05, 0.1) is 17.6 Å². The van der Waals surface area contributed by atoms with Crippen LogP contribution in [0.25, 0.3) is 0 Å².